The summed E-state index contributed by atoms with van der Waals surface area (Å²) in [5, 5.41) is 0. The van der Waals surface area contributed by atoms with Gasteiger partial charge in [0.25, 0.3) is 0 Å². The minimum Gasteiger partial charge on any atom is -0.385 e. The second kappa shape index (κ2) is 5.08. The first-order valence-corrected chi connectivity index (χ1v) is 5.52. The summed E-state index contributed by atoms with van der Waals surface area (Å²) < 4.78 is 19.4. The van der Waals surface area contributed by atoms with Gasteiger partial charge in [-0.2, -0.15) is 0 Å². The van der Waals surface area contributed by atoms with Crippen molar-refractivity contribution in [2.24, 2.45) is 11.7 Å². The Morgan fingerprint density at radius 2 is 2.36 bits per heavy atom. The van der Waals surface area contributed by atoms with Crippen molar-refractivity contribution in [3.8, 4) is 0 Å². The summed E-state index contributed by atoms with van der Waals surface area (Å²) in [4.78, 5) is 0. The molecule has 0 bridgehead atoms. The van der Waals surface area contributed by atoms with Gasteiger partial charge in [0.05, 0.1) is 0 Å². The van der Waals surface area contributed by atoms with Gasteiger partial charge < -0.3 is 10.5 Å². The molecule has 0 saturated heterocycles. The van der Waals surface area contributed by atoms with Gasteiger partial charge in [-0.15, -0.1) is 0 Å². The van der Waals surface area contributed by atoms with Crippen molar-refractivity contribution in [1.82, 2.24) is 0 Å². The predicted octanol–water partition coefficient (Wildman–Crippen LogP) is 2.27. The van der Waals surface area contributed by atoms with Crippen molar-refractivity contribution in [2.45, 2.75) is 50.7 Å². The Balaban J connectivity index is 2.45. The van der Waals surface area contributed by atoms with Crippen molar-refractivity contribution in [2.75, 3.05) is 13.7 Å². The molecule has 84 valence electrons. The van der Waals surface area contributed by atoms with Crippen LogP contribution in [0.5, 0.6) is 0 Å². The fourth-order valence-electron chi connectivity index (χ4n) is 2.30. The average molecular weight is 203 g/mol. The maximum Gasteiger partial charge on any atom is 0.115 e. The number of nitrogens with two attached hydrogens (primary N) is 1. The second-order valence-electron chi connectivity index (χ2n) is 4.57. The lowest BCUT2D eigenvalue weighted by atomic mass is 9.75. The lowest BCUT2D eigenvalue weighted by Gasteiger charge is -2.37. The molecular weight excluding hydrogens is 181 g/mol. The first-order valence-electron chi connectivity index (χ1n) is 5.52. The van der Waals surface area contributed by atoms with E-state index in [1.54, 1.807) is 7.11 Å². The standard InChI is InChI=1S/C11H22FNO/c1-9(5-7-14-2)11(12)6-3-4-10(13)8-11/h9-10H,3-8,13H2,1-2H3. The molecule has 0 amide bonds. The fraction of sp³-hybridized carbons (Fsp3) is 1.00. The third kappa shape index (κ3) is 2.92. The molecule has 1 saturated carbocycles. The highest BCUT2D eigenvalue weighted by Crippen LogP contribution is 2.38. The topological polar surface area (TPSA) is 35.2 Å². The summed E-state index contributed by atoms with van der Waals surface area (Å²) in [7, 11) is 1.66. The third-order valence-corrected chi connectivity index (χ3v) is 3.41. The molecule has 1 rings (SSSR count). The van der Waals surface area contributed by atoms with Gasteiger partial charge in [-0.3, -0.25) is 0 Å². The lowest BCUT2D eigenvalue weighted by Crippen LogP contribution is -2.42. The van der Waals surface area contributed by atoms with Crippen LogP contribution < -0.4 is 5.73 Å². The molecule has 3 atom stereocenters. The van der Waals surface area contributed by atoms with Crippen molar-refractivity contribution in [1.29, 1.82) is 0 Å². The van der Waals surface area contributed by atoms with Gasteiger partial charge in [0.1, 0.15) is 5.67 Å². The van der Waals surface area contributed by atoms with Gasteiger partial charge in [-0.05, 0) is 38.0 Å². The molecule has 2 N–H and O–H groups in total. The van der Waals surface area contributed by atoms with Crippen LogP contribution in [0.15, 0.2) is 0 Å². The second-order valence-corrected chi connectivity index (χ2v) is 4.57. The Morgan fingerprint density at radius 3 is 2.93 bits per heavy atom. The normalized spacial score (nSPS) is 35.6. The highest BCUT2D eigenvalue weighted by atomic mass is 19.1. The number of halogens is 1. The van der Waals surface area contributed by atoms with Crippen molar-refractivity contribution in [3.63, 3.8) is 0 Å². The van der Waals surface area contributed by atoms with Crippen LogP contribution in [0.4, 0.5) is 4.39 Å². The highest BCUT2D eigenvalue weighted by molar-refractivity contribution is 4.92. The van der Waals surface area contributed by atoms with E-state index in [4.69, 9.17) is 10.5 Å². The van der Waals surface area contributed by atoms with Crippen LogP contribution in [0.1, 0.15) is 39.0 Å². The van der Waals surface area contributed by atoms with Crippen molar-refractivity contribution >= 4 is 0 Å². The molecule has 3 heteroatoms. The lowest BCUT2D eigenvalue weighted by molar-refractivity contribution is 0.0229. The number of methoxy groups -OCH3 is 1. The summed E-state index contributed by atoms with van der Waals surface area (Å²) in [5.41, 5.74) is 4.76. The smallest absolute Gasteiger partial charge is 0.115 e. The summed E-state index contributed by atoms with van der Waals surface area (Å²) in [6.07, 6.45) is 3.89. The minimum absolute atomic E-state index is 0.0544. The first-order chi connectivity index (χ1) is 6.58. The van der Waals surface area contributed by atoms with Gasteiger partial charge in [0.2, 0.25) is 0 Å². The molecule has 1 fully saturated rings. The Kier molecular flexibility index (Phi) is 4.32. The van der Waals surface area contributed by atoms with E-state index in [1.807, 2.05) is 6.92 Å². The van der Waals surface area contributed by atoms with E-state index in [9.17, 15) is 4.39 Å². The number of alkyl halides is 1. The highest BCUT2D eigenvalue weighted by Gasteiger charge is 2.39. The number of rotatable bonds is 4. The van der Waals surface area contributed by atoms with Crippen LogP contribution in [-0.2, 0) is 4.74 Å². The van der Waals surface area contributed by atoms with Crippen LogP contribution >= 0.6 is 0 Å². The Labute approximate surface area is 86.0 Å². The predicted molar refractivity (Wildman–Crippen MR) is 55.9 cm³/mol. The van der Waals surface area contributed by atoms with Crippen LogP contribution in [0, 0.1) is 5.92 Å². The largest absolute Gasteiger partial charge is 0.385 e. The molecule has 3 unspecified atom stereocenters. The van der Waals surface area contributed by atoms with Gasteiger partial charge in [-0.1, -0.05) is 6.92 Å². The molecule has 0 spiro atoms. The zero-order valence-electron chi connectivity index (χ0n) is 9.26. The molecule has 2 nitrogen and oxygen atoms in total. The SMILES string of the molecule is COCCC(C)C1(F)CCCC(N)C1. The summed E-state index contributed by atoms with van der Waals surface area (Å²) in [6.45, 7) is 2.61. The molecule has 0 radical (unpaired) electrons. The maximum atomic E-state index is 14.4. The summed E-state index contributed by atoms with van der Waals surface area (Å²) >= 11 is 0. The van der Waals surface area contributed by atoms with Gasteiger partial charge >= 0.3 is 0 Å². The zero-order valence-corrected chi connectivity index (χ0v) is 9.26. The molecule has 0 heterocycles. The van der Waals surface area contributed by atoms with Gasteiger partial charge in [0, 0.05) is 19.8 Å². The maximum absolute atomic E-state index is 14.4. The number of hydrogen-bond donors (Lipinski definition) is 1. The Morgan fingerprint density at radius 1 is 1.64 bits per heavy atom. The average Bonchev–Trinajstić information content (AvgIpc) is 2.13. The first kappa shape index (κ1) is 11.9. The molecule has 0 aromatic rings. The van der Waals surface area contributed by atoms with Crippen LogP contribution in [0.3, 0.4) is 0 Å². The van der Waals surface area contributed by atoms with Gasteiger partial charge in [-0.25, -0.2) is 4.39 Å². The molecule has 0 aliphatic heterocycles. The number of ether oxygens (including phenoxy) is 1. The van der Waals surface area contributed by atoms with Crippen LogP contribution in [0.25, 0.3) is 0 Å². The van der Waals surface area contributed by atoms with Crippen molar-refractivity contribution in [3.05, 3.63) is 0 Å². The monoisotopic (exact) mass is 203 g/mol. The van der Waals surface area contributed by atoms with E-state index < -0.39 is 5.67 Å². The Bertz CT molecular complexity index is 177. The molecule has 14 heavy (non-hydrogen) atoms. The molecule has 1 aliphatic carbocycles. The minimum atomic E-state index is -1.05. The van der Waals surface area contributed by atoms with Crippen LogP contribution in [-0.4, -0.2) is 25.4 Å². The summed E-state index contributed by atoms with van der Waals surface area (Å²) in [5.74, 6) is 0.0637. The molecular formula is C11H22FNO. The van der Waals surface area contributed by atoms with E-state index in [0.717, 1.165) is 19.3 Å². The molecule has 1 aliphatic rings. The van der Waals surface area contributed by atoms with E-state index in [-0.39, 0.29) is 12.0 Å². The third-order valence-electron chi connectivity index (χ3n) is 3.41. The fourth-order valence-corrected chi connectivity index (χ4v) is 2.30. The zero-order chi connectivity index (χ0) is 10.6. The van der Waals surface area contributed by atoms with E-state index in [1.165, 1.54) is 0 Å². The molecule has 0 aromatic heterocycles. The van der Waals surface area contributed by atoms with Gasteiger partial charge in [0.15, 0.2) is 0 Å². The summed E-state index contributed by atoms with van der Waals surface area (Å²) in [6, 6.07) is 0.0544. The van der Waals surface area contributed by atoms with E-state index in [0.29, 0.717) is 19.4 Å². The van der Waals surface area contributed by atoms with E-state index >= 15 is 0 Å². The number of hydrogen-bond acceptors (Lipinski definition) is 2. The quantitative estimate of drug-likeness (QED) is 0.760. The molecule has 0 aromatic carbocycles. The van der Waals surface area contributed by atoms with Crippen LogP contribution in [0.2, 0.25) is 0 Å². The van der Waals surface area contributed by atoms with Crippen molar-refractivity contribution < 1.29 is 9.13 Å². The van der Waals surface area contributed by atoms with E-state index in [2.05, 4.69) is 0 Å². The Hall–Kier alpha value is -0.150.